The van der Waals surface area contributed by atoms with Gasteiger partial charge in [-0.2, -0.15) is 0 Å². The Morgan fingerprint density at radius 1 is 0.589 bits per heavy atom. The average Bonchev–Trinajstić information content (AvgIpc) is 3.86. The summed E-state index contributed by atoms with van der Waals surface area (Å²) in [5.41, 5.74) is 8.84. The fraction of sp³-hybridized carbons (Fsp3) is 0.0200. The van der Waals surface area contributed by atoms with Gasteiger partial charge in [0.15, 0.2) is 5.65 Å². The summed E-state index contributed by atoms with van der Waals surface area (Å²) in [6, 6.07) is 63.1. The molecule has 0 N–H and O–H groups in total. The van der Waals surface area contributed by atoms with Crippen molar-refractivity contribution in [1.82, 2.24) is 19.5 Å². The minimum Gasteiger partial charge on any atom is -0.500 e. The number of aromatic nitrogens is 4. The predicted octanol–water partition coefficient (Wildman–Crippen LogP) is 12.6. The van der Waals surface area contributed by atoms with Gasteiger partial charge in [-0.05, 0) is 58.5 Å². The molecule has 7 aromatic carbocycles. The predicted molar refractivity (Wildman–Crippen MR) is 224 cm³/mol. The Morgan fingerprint density at radius 2 is 1.34 bits per heavy atom. The molecule has 0 spiro atoms. The van der Waals surface area contributed by atoms with E-state index in [1.165, 1.54) is 17.0 Å². The van der Waals surface area contributed by atoms with Gasteiger partial charge in [-0.25, -0.2) is 4.98 Å². The summed E-state index contributed by atoms with van der Waals surface area (Å²) in [7, 11) is 0. The van der Waals surface area contributed by atoms with Gasteiger partial charge in [-0.1, -0.05) is 120 Å². The maximum atomic E-state index is 7.23. The third-order valence-electron chi connectivity index (χ3n) is 9.87. The second-order valence-corrected chi connectivity index (χ2v) is 13.2. The van der Waals surface area contributed by atoms with Crippen molar-refractivity contribution >= 4 is 54.6 Å². The normalized spacial score (nSPS) is 12.2. The summed E-state index contributed by atoms with van der Waals surface area (Å²) in [4.78, 5) is 14.4. The molecule has 4 heterocycles. The van der Waals surface area contributed by atoms with Crippen LogP contribution in [0.1, 0.15) is 9.68 Å². The maximum Gasteiger partial charge on any atom is 0.156 e. The summed E-state index contributed by atoms with van der Waals surface area (Å²) in [5, 5.41) is 6.77. The Hall–Kier alpha value is -6.72. The molecule has 0 aliphatic heterocycles. The summed E-state index contributed by atoms with van der Waals surface area (Å²) < 4.78 is 30.7. The molecule has 0 amide bonds. The Morgan fingerprint density at radius 3 is 2.14 bits per heavy atom. The number of hydrogen-bond acceptors (Lipinski definition) is 4. The number of furan rings is 1. The number of fused-ring (bicyclic) bond motifs is 8. The Kier molecular flexibility index (Phi) is 8.38. The zero-order chi connectivity index (χ0) is 39.2. The van der Waals surface area contributed by atoms with Gasteiger partial charge in [0.05, 0.1) is 22.6 Å². The van der Waals surface area contributed by atoms with Crippen LogP contribution in [-0.2, 0) is 20.1 Å². The van der Waals surface area contributed by atoms with Gasteiger partial charge in [-0.3, -0.25) is 4.98 Å². The van der Waals surface area contributed by atoms with Gasteiger partial charge in [0.25, 0.3) is 0 Å². The van der Waals surface area contributed by atoms with Crippen LogP contribution in [0, 0.1) is 19.0 Å². The van der Waals surface area contributed by atoms with Crippen molar-refractivity contribution in [3.8, 4) is 39.6 Å². The first-order chi connectivity index (χ1) is 28.4. The van der Waals surface area contributed by atoms with Gasteiger partial charge in [-0.15, -0.1) is 54.1 Å². The Labute approximate surface area is 341 Å². The van der Waals surface area contributed by atoms with E-state index in [9.17, 15) is 0 Å². The van der Waals surface area contributed by atoms with Crippen molar-refractivity contribution < 1.29 is 28.6 Å². The quantitative estimate of drug-likeness (QED) is 0.130. The van der Waals surface area contributed by atoms with Crippen LogP contribution in [-0.4, -0.2) is 19.5 Å². The molecule has 0 saturated carbocycles. The number of hydrogen-bond donors (Lipinski definition) is 0. The van der Waals surface area contributed by atoms with E-state index >= 15 is 0 Å². The fourth-order valence-electron chi connectivity index (χ4n) is 7.27. The molecule has 0 saturated heterocycles. The van der Waals surface area contributed by atoms with Crippen LogP contribution in [0.2, 0.25) is 0 Å². The number of rotatable bonds is 4. The summed E-state index contributed by atoms with van der Waals surface area (Å²) in [5.74, 6) is 0.743. The van der Waals surface area contributed by atoms with Crippen molar-refractivity contribution in [3.63, 3.8) is 0 Å². The molecule has 0 fully saturated rings. The zero-order valence-electron chi connectivity index (χ0n) is 32.8. The monoisotopic (exact) mass is 900 g/mol. The first-order valence-electron chi connectivity index (χ1n) is 19.5. The van der Waals surface area contributed by atoms with Gasteiger partial charge in [0.1, 0.15) is 5.58 Å². The van der Waals surface area contributed by atoms with Crippen LogP contribution in [0.4, 0.5) is 0 Å². The van der Waals surface area contributed by atoms with Crippen LogP contribution in [0.5, 0.6) is 0 Å². The molecule has 11 aromatic rings. The third-order valence-corrected chi connectivity index (χ3v) is 9.87. The van der Waals surface area contributed by atoms with Crippen molar-refractivity contribution in [2.24, 2.45) is 0 Å². The molecule has 269 valence electrons. The molecule has 0 unspecified atom stereocenters. The molecule has 0 aliphatic rings. The van der Waals surface area contributed by atoms with Crippen LogP contribution < -0.4 is 0 Å². The molecule has 1 radical (unpaired) electrons. The van der Waals surface area contributed by atoms with E-state index in [0.29, 0.717) is 0 Å². The Balaban J connectivity index is 0.000000224. The number of pyridine rings is 2. The molecule has 56 heavy (non-hydrogen) atoms. The zero-order valence-corrected chi connectivity index (χ0v) is 32.2. The van der Waals surface area contributed by atoms with Crippen LogP contribution in [0.25, 0.3) is 94.2 Å². The summed E-state index contributed by atoms with van der Waals surface area (Å²) >= 11 is 0. The first kappa shape index (κ1) is 31.6. The second kappa shape index (κ2) is 14.8. The minimum absolute atomic E-state index is 0. The number of para-hydroxylation sites is 1. The average molecular weight is 900 g/mol. The van der Waals surface area contributed by atoms with Crippen LogP contribution in [0.15, 0.2) is 180 Å². The molecule has 6 heteroatoms. The van der Waals surface area contributed by atoms with E-state index in [0.717, 1.165) is 83.5 Å². The number of aryl methyl sites for hydroxylation is 1. The van der Waals surface area contributed by atoms with E-state index in [-0.39, 0.29) is 25.7 Å². The van der Waals surface area contributed by atoms with E-state index in [1.54, 1.807) is 18.2 Å². The maximum absolute atomic E-state index is 7.23. The van der Waals surface area contributed by atoms with E-state index in [4.69, 9.17) is 18.5 Å². The molecule has 0 atom stereocenters. The molecule has 0 bridgehead atoms. The molecular formula is C50H32IrN4O-2. The van der Waals surface area contributed by atoms with Crippen molar-refractivity contribution in [1.29, 1.82) is 0 Å². The van der Waals surface area contributed by atoms with Crippen molar-refractivity contribution in [3.05, 3.63) is 194 Å². The largest absolute Gasteiger partial charge is 0.500 e. The molecular weight excluding hydrogens is 865 g/mol. The topological polar surface area (TPSA) is 56.7 Å². The number of nitrogens with zero attached hydrogens (tertiary/aromatic N) is 4. The van der Waals surface area contributed by atoms with Crippen molar-refractivity contribution in [2.45, 2.75) is 6.85 Å². The minimum atomic E-state index is -2.09. The number of benzene rings is 7. The fourth-order valence-corrected chi connectivity index (χ4v) is 7.27. The smallest absolute Gasteiger partial charge is 0.156 e. The standard InChI is InChI=1S/C38H22N3O.C12H10N.Ir/c1-3-11-25(12-4-1)32-22-23-33-38(39-32)41(27-13-5-2-6-14-27)37(40-33)31-17-9-16-29-30-21-20-26-19-18-24-10-7-8-15-28(24)34(26)36(30)42-35(29)31;1-10-7-8-12(13-9-10)11-5-3-2-4-6-11;/h1-16,18-23H;2-5,7-9H,1H3;/q2*-1;/i;1D3;. The van der Waals surface area contributed by atoms with Gasteiger partial charge in [0, 0.05) is 52.4 Å². The van der Waals surface area contributed by atoms with Crippen LogP contribution >= 0.6 is 0 Å². The van der Waals surface area contributed by atoms with Crippen molar-refractivity contribution in [2.75, 3.05) is 0 Å². The Bertz CT molecular complexity index is 3260. The molecule has 11 rings (SSSR count). The van der Waals surface area contributed by atoms with Crippen LogP contribution in [0.3, 0.4) is 0 Å². The first-order valence-corrected chi connectivity index (χ1v) is 18.0. The summed E-state index contributed by atoms with van der Waals surface area (Å²) in [6.45, 7) is -2.09. The molecule has 4 aromatic heterocycles. The third kappa shape index (κ3) is 6.25. The van der Waals surface area contributed by atoms with E-state index < -0.39 is 6.85 Å². The molecule has 5 nitrogen and oxygen atoms in total. The summed E-state index contributed by atoms with van der Waals surface area (Å²) in [6.07, 6.45) is 1.39. The second-order valence-electron chi connectivity index (χ2n) is 13.2. The SMILES string of the molecule is [2H]C([2H])([2H])c1ccc(-c2[c-]cccc2)nc1.[Ir].[c-]1ccc2c(oc3c2ccc2ccc4ccccc4c23)c1-c1nc2ccc(-c3ccccc3)nc2n1-c1ccccc1. The van der Waals surface area contributed by atoms with Gasteiger partial charge >= 0.3 is 0 Å². The van der Waals surface area contributed by atoms with Gasteiger partial charge in [0.2, 0.25) is 0 Å². The molecule has 0 aliphatic carbocycles. The van der Waals surface area contributed by atoms with E-state index in [2.05, 4.69) is 101 Å². The van der Waals surface area contributed by atoms with E-state index in [1.807, 2.05) is 72.8 Å². The van der Waals surface area contributed by atoms with Gasteiger partial charge < -0.3 is 14.0 Å². The number of imidazole rings is 1.